The smallest absolute Gasteiger partial charge is 0.188 e. The minimum Gasteiger partial charge on any atom is -0.370 e. The van der Waals surface area contributed by atoms with Gasteiger partial charge in [0.25, 0.3) is 0 Å². The Morgan fingerprint density at radius 1 is 1.14 bits per heavy atom. The molecule has 0 spiro atoms. The van der Waals surface area contributed by atoms with Crippen LogP contribution >= 0.6 is 24.0 Å². The molecule has 21 heavy (non-hydrogen) atoms. The first-order valence-electron chi connectivity index (χ1n) is 7.22. The van der Waals surface area contributed by atoms with E-state index in [0.717, 1.165) is 45.8 Å². The molecule has 1 aliphatic rings. The van der Waals surface area contributed by atoms with Crippen molar-refractivity contribution in [2.24, 2.45) is 10.7 Å². The molecule has 5 nitrogen and oxygen atoms in total. The van der Waals surface area contributed by atoms with Gasteiger partial charge in [-0.1, -0.05) is 30.3 Å². The van der Waals surface area contributed by atoms with Crippen molar-refractivity contribution in [1.29, 1.82) is 0 Å². The first kappa shape index (κ1) is 18.2. The molecule has 1 aromatic rings. The molecular weight excluding hydrogens is 377 g/mol. The second kappa shape index (κ2) is 9.97. The second-order valence-electron chi connectivity index (χ2n) is 5.14. The molecule has 1 aliphatic heterocycles. The van der Waals surface area contributed by atoms with Gasteiger partial charge in [-0.2, -0.15) is 0 Å². The molecule has 1 saturated heterocycles. The number of guanidine groups is 1. The van der Waals surface area contributed by atoms with E-state index in [-0.39, 0.29) is 24.0 Å². The van der Waals surface area contributed by atoms with Gasteiger partial charge in [-0.3, -0.25) is 14.8 Å². The summed E-state index contributed by atoms with van der Waals surface area (Å²) in [6.45, 7) is 7.45. The average Bonchev–Trinajstić information content (AvgIpc) is 2.50. The van der Waals surface area contributed by atoms with Crippen molar-refractivity contribution in [3.05, 3.63) is 35.9 Å². The fourth-order valence-electron chi connectivity index (χ4n) is 2.43. The summed E-state index contributed by atoms with van der Waals surface area (Å²) in [5, 5.41) is 3.10. The number of nitrogens with one attached hydrogen (secondary N) is 1. The second-order valence-corrected chi connectivity index (χ2v) is 5.14. The van der Waals surface area contributed by atoms with Crippen LogP contribution in [0.2, 0.25) is 0 Å². The van der Waals surface area contributed by atoms with E-state index in [4.69, 9.17) is 5.73 Å². The summed E-state index contributed by atoms with van der Waals surface area (Å²) in [5.74, 6) is 0.521. The molecule has 0 unspecified atom stereocenters. The van der Waals surface area contributed by atoms with Gasteiger partial charge in [-0.15, -0.1) is 24.0 Å². The SMILES string of the molecule is CN=C(N)NCCN1CCN(Cc2ccccc2)CC1.I. The van der Waals surface area contributed by atoms with Crippen LogP contribution in [0.5, 0.6) is 0 Å². The number of nitrogens with zero attached hydrogens (tertiary/aromatic N) is 3. The fourth-order valence-corrected chi connectivity index (χ4v) is 2.43. The first-order valence-corrected chi connectivity index (χ1v) is 7.22. The number of halogens is 1. The number of nitrogens with two attached hydrogens (primary N) is 1. The molecule has 2 rings (SSSR count). The van der Waals surface area contributed by atoms with Crippen LogP contribution in [0.4, 0.5) is 0 Å². The Labute approximate surface area is 144 Å². The Bertz CT molecular complexity index is 415. The monoisotopic (exact) mass is 403 g/mol. The summed E-state index contributed by atoms with van der Waals surface area (Å²) < 4.78 is 0. The largest absolute Gasteiger partial charge is 0.370 e. The van der Waals surface area contributed by atoms with Gasteiger partial charge in [0.1, 0.15) is 0 Å². The van der Waals surface area contributed by atoms with E-state index in [2.05, 4.69) is 50.4 Å². The molecule has 1 heterocycles. The van der Waals surface area contributed by atoms with Gasteiger partial charge in [-0.25, -0.2) is 0 Å². The zero-order chi connectivity index (χ0) is 14.2. The van der Waals surface area contributed by atoms with Crippen LogP contribution in [0.3, 0.4) is 0 Å². The number of benzene rings is 1. The predicted molar refractivity (Wildman–Crippen MR) is 99.1 cm³/mol. The lowest BCUT2D eigenvalue weighted by atomic mass is 10.2. The molecule has 0 radical (unpaired) electrons. The lowest BCUT2D eigenvalue weighted by Gasteiger charge is -2.34. The Morgan fingerprint density at radius 3 is 2.38 bits per heavy atom. The molecule has 3 N–H and O–H groups in total. The summed E-state index contributed by atoms with van der Waals surface area (Å²) in [7, 11) is 1.70. The number of hydrogen-bond acceptors (Lipinski definition) is 3. The number of rotatable bonds is 5. The predicted octanol–water partition coefficient (Wildman–Crippen LogP) is 0.956. The highest BCUT2D eigenvalue weighted by Crippen LogP contribution is 2.07. The van der Waals surface area contributed by atoms with E-state index < -0.39 is 0 Å². The van der Waals surface area contributed by atoms with Gasteiger partial charge in [0, 0.05) is 52.9 Å². The standard InChI is InChI=1S/C15H25N5.HI/c1-17-15(16)18-7-8-19-9-11-20(12-10-19)13-14-5-3-2-4-6-14;/h2-6H,7-13H2,1H3,(H3,16,17,18);1H. The van der Waals surface area contributed by atoms with Gasteiger partial charge in [0.05, 0.1) is 0 Å². The van der Waals surface area contributed by atoms with Gasteiger partial charge in [0.2, 0.25) is 0 Å². The first-order chi connectivity index (χ1) is 9.78. The summed E-state index contributed by atoms with van der Waals surface area (Å²) >= 11 is 0. The lowest BCUT2D eigenvalue weighted by Crippen LogP contribution is -2.48. The molecule has 0 aliphatic carbocycles. The third kappa shape index (κ3) is 6.62. The maximum Gasteiger partial charge on any atom is 0.188 e. The van der Waals surface area contributed by atoms with Crippen LogP contribution in [0.15, 0.2) is 35.3 Å². The van der Waals surface area contributed by atoms with Crippen LogP contribution in [-0.4, -0.2) is 62.1 Å². The molecular formula is C15H26IN5. The Hall–Kier alpha value is -0.860. The molecule has 1 aromatic carbocycles. The van der Waals surface area contributed by atoms with E-state index in [0.29, 0.717) is 5.96 Å². The maximum absolute atomic E-state index is 5.61. The number of aliphatic imine (C=N–C) groups is 1. The normalized spacial score (nSPS) is 17.3. The van der Waals surface area contributed by atoms with Crippen molar-refractivity contribution in [3.63, 3.8) is 0 Å². The lowest BCUT2D eigenvalue weighted by molar-refractivity contribution is 0.129. The summed E-state index contributed by atoms with van der Waals surface area (Å²) in [5.41, 5.74) is 7.01. The fraction of sp³-hybridized carbons (Fsp3) is 0.533. The highest BCUT2D eigenvalue weighted by atomic mass is 127. The maximum atomic E-state index is 5.61. The molecule has 1 fully saturated rings. The van der Waals surface area contributed by atoms with Crippen LogP contribution in [0.1, 0.15) is 5.56 Å². The van der Waals surface area contributed by atoms with Crippen LogP contribution in [0, 0.1) is 0 Å². The molecule has 0 saturated carbocycles. The van der Waals surface area contributed by atoms with Crippen molar-refractivity contribution in [1.82, 2.24) is 15.1 Å². The van der Waals surface area contributed by atoms with Gasteiger partial charge < -0.3 is 11.1 Å². The van der Waals surface area contributed by atoms with Crippen LogP contribution in [-0.2, 0) is 6.54 Å². The zero-order valence-corrected chi connectivity index (χ0v) is 15.0. The quantitative estimate of drug-likeness (QED) is 0.437. The number of hydrogen-bond donors (Lipinski definition) is 2. The molecule has 0 atom stereocenters. The molecule has 6 heteroatoms. The van der Waals surface area contributed by atoms with E-state index in [9.17, 15) is 0 Å². The van der Waals surface area contributed by atoms with Gasteiger partial charge >= 0.3 is 0 Å². The average molecular weight is 403 g/mol. The molecule has 118 valence electrons. The third-order valence-electron chi connectivity index (χ3n) is 3.69. The topological polar surface area (TPSA) is 56.9 Å². The summed E-state index contributed by atoms with van der Waals surface area (Å²) in [4.78, 5) is 8.87. The van der Waals surface area contributed by atoms with E-state index >= 15 is 0 Å². The van der Waals surface area contributed by atoms with Crippen molar-refractivity contribution >= 4 is 29.9 Å². The van der Waals surface area contributed by atoms with E-state index in [1.165, 1.54) is 5.56 Å². The Balaban J connectivity index is 0.00000220. The molecule has 0 aromatic heterocycles. The van der Waals surface area contributed by atoms with Crippen molar-refractivity contribution in [2.45, 2.75) is 6.54 Å². The van der Waals surface area contributed by atoms with Gasteiger partial charge in [0.15, 0.2) is 5.96 Å². The zero-order valence-electron chi connectivity index (χ0n) is 12.7. The Morgan fingerprint density at radius 2 is 1.76 bits per heavy atom. The molecule has 0 amide bonds. The summed E-state index contributed by atoms with van der Waals surface area (Å²) in [6.07, 6.45) is 0. The highest BCUT2D eigenvalue weighted by molar-refractivity contribution is 14.0. The van der Waals surface area contributed by atoms with Crippen LogP contribution < -0.4 is 11.1 Å². The van der Waals surface area contributed by atoms with Crippen molar-refractivity contribution in [2.75, 3.05) is 46.3 Å². The van der Waals surface area contributed by atoms with Crippen LogP contribution in [0.25, 0.3) is 0 Å². The van der Waals surface area contributed by atoms with E-state index in [1.807, 2.05) is 0 Å². The highest BCUT2D eigenvalue weighted by Gasteiger charge is 2.16. The molecule has 0 bridgehead atoms. The number of piperazine rings is 1. The minimum absolute atomic E-state index is 0. The minimum atomic E-state index is 0. The third-order valence-corrected chi connectivity index (χ3v) is 3.69. The van der Waals surface area contributed by atoms with Crippen molar-refractivity contribution < 1.29 is 0 Å². The Kier molecular flexibility index (Phi) is 8.63. The van der Waals surface area contributed by atoms with E-state index in [1.54, 1.807) is 7.05 Å². The van der Waals surface area contributed by atoms with Crippen molar-refractivity contribution in [3.8, 4) is 0 Å². The summed E-state index contributed by atoms with van der Waals surface area (Å²) in [6, 6.07) is 10.7. The van der Waals surface area contributed by atoms with Gasteiger partial charge in [-0.05, 0) is 5.56 Å².